The van der Waals surface area contributed by atoms with Crippen molar-refractivity contribution in [1.29, 1.82) is 0 Å². The van der Waals surface area contributed by atoms with Gasteiger partial charge in [-0.05, 0) is 76.0 Å². The van der Waals surface area contributed by atoms with Gasteiger partial charge in [-0.3, -0.25) is 9.79 Å². The molecule has 1 aromatic carbocycles. The van der Waals surface area contributed by atoms with Gasteiger partial charge in [-0.25, -0.2) is 4.79 Å². The zero-order valence-electron chi connectivity index (χ0n) is 20.8. The molecular formula is C28H38N2O3. The molecule has 0 radical (unpaired) electrons. The maximum absolute atomic E-state index is 13.5. The lowest BCUT2D eigenvalue weighted by Crippen LogP contribution is -2.44. The highest BCUT2D eigenvalue weighted by Crippen LogP contribution is 2.47. The second-order valence-electron chi connectivity index (χ2n) is 10.6. The van der Waals surface area contributed by atoms with E-state index in [-0.39, 0.29) is 35.1 Å². The summed E-state index contributed by atoms with van der Waals surface area (Å²) >= 11 is 0. The molecule has 0 amide bonds. The van der Waals surface area contributed by atoms with Crippen LogP contribution in [0.5, 0.6) is 0 Å². The lowest BCUT2D eigenvalue weighted by molar-refractivity contribution is -0.144. The molecular weight excluding hydrogens is 412 g/mol. The average Bonchev–Trinajstić information content (AvgIpc) is 3.26. The van der Waals surface area contributed by atoms with Crippen molar-refractivity contribution in [2.24, 2.45) is 16.3 Å². The Bertz CT molecular complexity index is 963. The SMILES string of the molecule is CCN(CC)c1ccc(C2C(C(=O)OC3CCCC3)=C(C)N=C3CC(C)(C)CC(=O)C32)cc1. The number of ketones is 1. The van der Waals surface area contributed by atoms with E-state index in [1.807, 2.05) is 6.92 Å². The maximum atomic E-state index is 13.5. The minimum Gasteiger partial charge on any atom is -0.459 e. The smallest absolute Gasteiger partial charge is 0.336 e. The van der Waals surface area contributed by atoms with Gasteiger partial charge in [-0.15, -0.1) is 0 Å². The summed E-state index contributed by atoms with van der Waals surface area (Å²) in [4.78, 5) is 34.0. The number of fused-ring (bicyclic) bond motifs is 1. The Morgan fingerprint density at radius 2 is 1.70 bits per heavy atom. The highest BCUT2D eigenvalue weighted by molar-refractivity contribution is 6.12. The number of carbonyl (C=O) groups is 2. The fourth-order valence-corrected chi connectivity index (χ4v) is 5.92. The van der Waals surface area contributed by atoms with Crippen molar-refractivity contribution < 1.29 is 14.3 Å². The number of allylic oxidation sites excluding steroid dienone is 1. The van der Waals surface area contributed by atoms with Crippen LogP contribution in [0.25, 0.3) is 0 Å². The molecule has 0 N–H and O–H groups in total. The lowest BCUT2D eigenvalue weighted by atomic mass is 9.63. The number of anilines is 1. The van der Waals surface area contributed by atoms with Gasteiger partial charge in [0.25, 0.3) is 0 Å². The normalized spacial score (nSPS) is 25.0. The number of hydrogen-bond donors (Lipinski definition) is 0. The van der Waals surface area contributed by atoms with Crippen molar-refractivity contribution in [2.45, 2.75) is 85.2 Å². The van der Waals surface area contributed by atoms with E-state index < -0.39 is 0 Å². The van der Waals surface area contributed by atoms with Gasteiger partial charge in [0.1, 0.15) is 11.9 Å². The summed E-state index contributed by atoms with van der Waals surface area (Å²) in [5.74, 6) is -0.827. The van der Waals surface area contributed by atoms with Gasteiger partial charge in [-0.2, -0.15) is 0 Å². The number of esters is 1. The second kappa shape index (κ2) is 9.44. The maximum Gasteiger partial charge on any atom is 0.336 e. The summed E-state index contributed by atoms with van der Waals surface area (Å²) in [7, 11) is 0. The monoisotopic (exact) mass is 450 g/mol. The van der Waals surface area contributed by atoms with Crippen LogP contribution in [0.1, 0.15) is 84.6 Å². The minimum absolute atomic E-state index is 0.0186. The third-order valence-corrected chi connectivity index (χ3v) is 7.54. The molecule has 0 bridgehead atoms. The highest BCUT2D eigenvalue weighted by Gasteiger charge is 2.48. The van der Waals surface area contributed by atoms with Crippen LogP contribution >= 0.6 is 0 Å². The molecule has 5 nitrogen and oxygen atoms in total. The molecule has 2 unspecified atom stereocenters. The molecule has 33 heavy (non-hydrogen) atoms. The fourth-order valence-electron chi connectivity index (χ4n) is 5.92. The highest BCUT2D eigenvalue weighted by atomic mass is 16.5. The van der Waals surface area contributed by atoms with Gasteiger partial charge < -0.3 is 9.64 Å². The van der Waals surface area contributed by atoms with E-state index in [1.54, 1.807) is 0 Å². The molecule has 5 heteroatoms. The van der Waals surface area contributed by atoms with Crippen molar-refractivity contribution in [3.05, 3.63) is 41.1 Å². The second-order valence-corrected chi connectivity index (χ2v) is 10.6. The third kappa shape index (κ3) is 4.78. The molecule has 1 heterocycles. The number of benzene rings is 1. The molecule has 1 aliphatic heterocycles. The Labute approximate surface area is 198 Å². The van der Waals surface area contributed by atoms with Gasteiger partial charge in [-0.1, -0.05) is 26.0 Å². The number of hydrogen-bond acceptors (Lipinski definition) is 5. The largest absolute Gasteiger partial charge is 0.459 e. The fraction of sp³-hybridized carbons (Fsp3) is 0.607. The number of aliphatic imine (C=N–C) groups is 1. The van der Waals surface area contributed by atoms with E-state index in [4.69, 9.17) is 9.73 Å². The zero-order chi connectivity index (χ0) is 23.8. The molecule has 3 aliphatic rings. The number of ether oxygens (including phenoxy) is 1. The van der Waals surface area contributed by atoms with Gasteiger partial charge in [0.05, 0.1) is 11.5 Å². The first-order chi connectivity index (χ1) is 15.7. The summed E-state index contributed by atoms with van der Waals surface area (Å²) in [5.41, 5.74) is 4.23. The van der Waals surface area contributed by atoms with Crippen molar-refractivity contribution >= 4 is 23.2 Å². The number of rotatable bonds is 6. The first kappa shape index (κ1) is 23.7. The van der Waals surface area contributed by atoms with E-state index in [0.29, 0.717) is 17.7 Å². The summed E-state index contributed by atoms with van der Waals surface area (Å²) in [5, 5.41) is 0. The molecule has 0 saturated heterocycles. The number of nitrogens with zero attached hydrogens (tertiary/aromatic N) is 2. The van der Waals surface area contributed by atoms with Crippen molar-refractivity contribution in [3.8, 4) is 0 Å². The standard InChI is InChI=1S/C28H38N2O3/c1-6-30(7-2)20-14-12-19(13-15-20)25-24(27(32)33-21-10-8-9-11-21)18(3)29-22-16-28(4,5)17-23(31)26(22)25/h12-15,21,25-26H,6-11,16-17H2,1-5H3. The molecule has 2 fully saturated rings. The lowest BCUT2D eigenvalue weighted by Gasteiger charge is -2.41. The van der Waals surface area contributed by atoms with E-state index in [2.05, 4.69) is 56.9 Å². The topological polar surface area (TPSA) is 59.0 Å². The van der Waals surface area contributed by atoms with Crippen molar-refractivity contribution in [1.82, 2.24) is 0 Å². The molecule has 1 aromatic rings. The van der Waals surface area contributed by atoms with Crippen LogP contribution in [0.4, 0.5) is 5.69 Å². The molecule has 0 spiro atoms. The van der Waals surface area contributed by atoms with Gasteiger partial charge in [0, 0.05) is 42.5 Å². The Kier molecular flexibility index (Phi) is 6.78. The predicted molar refractivity (Wildman–Crippen MR) is 133 cm³/mol. The van der Waals surface area contributed by atoms with Crippen LogP contribution in [0.3, 0.4) is 0 Å². The van der Waals surface area contributed by atoms with Crippen molar-refractivity contribution in [3.63, 3.8) is 0 Å². The Morgan fingerprint density at radius 3 is 2.30 bits per heavy atom. The van der Waals surface area contributed by atoms with E-state index in [0.717, 1.165) is 62.2 Å². The van der Waals surface area contributed by atoms with Gasteiger partial charge >= 0.3 is 5.97 Å². The Morgan fingerprint density at radius 1 is 1.06 bits per heavy atom. The van der Waals surface area contributed by atoms with Crippen LogP contribution in [0.2, 0.25) is 0 Å². The van der Waals surface area contributed by atoms with E-state index in [9.17, 15) is 9.59 Å². The number of carbonyl (C=O) groups excluding carboxylic acids is 2. The molecule has 0 aromatic heterocycles. The van der Waals surface area contributed by atoms with Gasteiger partial charge in [0.15, 0.2) is 0 Å². The molecule has 4 rings (SSSR count). The van der Waals surface area contributed by atoms with Crippen LogP contribution in [0.15, 0.2) is 40.5 Å². The average molecular weight is 451 g/mol. The molecule has 2 aliphatic carbocycles. The molecule has 2 saturated carbocycles. The number of Topliss-reactive ketones (excluding diaryl/α,β-unsaturated/α-hetero) is 1. The van der Waals surface area contributed by atoms with Gasteiger partial charge in [0.2, 0.25) is 0 Å². The van der Waals surface area contributed by atoms with E-state index >= 15 is 0 Å². The van der Waals surface area contributed by atoms with Crippen LogP contribution in [0, 0.1) is 11.3 Å². The Hall–Kier alpha value is -2.43. The van der Waals surface area contributed by atoms with Crippen LogP contribution in [-0.2, 0) is 14.3 Å². The summed E-state index contributed by atoms with van der Waals surface area (Å²) < 4.78 is 5.94. The van der Waals surface area contributed by atoms with E-state index in [1.165, 1.54) is 0 Å². The van der Waals surface area contributed by atoms with Crippen molar-refractivity contribution in [2.75, 3.05) is 18.0 Å². The first-order valence-electron chi connectivity index (χ1n) is 12.6. The molecule has 2 atom stereocenters. The third-order valence-electron chi connectivity index (χ3n) is 7.54. The summed E-state index contributed by atoms with van der Waals surface area (Å²) in [6.45, 7) is 12.3. The van der Waals surface area contributed by atoms with Crippen LogP contribution in [-0.4, -0.2) is 36.7 Å². The quantitative estimate of drug-likeness (QED) is 0.511. The molecule has 178 valence electrons. The first-order valence-corrected chi connectivity index (χ1v) is 12.6. The predicted octanol–water partition coefficient (Wildman–Crippen LogP) is 5.84. The minimum atomic E-state index is -0.382. The Balaban J connectivity index is 1.75. The van der Waals surface area contributed by atoms with Crippen LogP contribution < -0.4 is 4.90 Å². The summed E-state index contributed by atoms with van der Waals surface area (Å²) in [6, 6.07) is 8.40. The zero-order valence-corrected chi connectivity index (χ0v) is 20.8. The summed E-state index contributed by atoms with van der Waals surface area (Å²) in [6.07, 6.45) is 5.32.